The molecule has 0 fully saturated rings. The Balaban J connectivity index is 1.52. The summed E-state index contributed by atoms with van der Waals surface area (Å²) in [6.45, 7) is 20.0. The van der Waals surface area contributed by atoms with E-state index in [4.69, 9.17) is 56.8 Å². The number of hydrogen-bond donors (Lipinski definition) is 1. The van der Waals surface area contributed by atoms with Crippen LogP contribution in [0.15, 0.2) is 14.7 Å². The smallest absolute Gasteiger partial charge is 0.286 e. The first-order valence-corrected chi connectivity index (χ1v) is 24.0. The number of thioether (sulfide) groups is 3. The summed E-state index contributed by atoms with van der Waals surface area (Å²) in [4.78, 5) is 45.8. The second-order valence-electron chi connectivity index (χ2n) is 20.2. The van der Waals surface area contributed by atoms with Crippen molar-refractivity contribution in [3.8, 4) is 69.0 Å². The summed E-state index contributed by atoms with van der Waals surface area (Å²) in [5, 5.41) is 14.1. The molecule has 6 aliphatic heterocycles. The summed E-state index contributed by atoms with van der Waals surface area (Å²) in [6.07, 6.45) is 0. The highest BCUT2D eigenvalue weighted by Gasteiger charge is 2.62. The summed E-state index contributed by atoms with van der Waals surface area (Å²) in [5.74, 6) is -8.87. The van der Waals surface area contributed by atoms with Crippen molar-refractivity contribution in [3.63, 3.8) is 0 Å². The number of amides is 3. The first-order valence-electron chi connectivity index (χ1n) is 21.6. The number of hydrogen-bond acceptors (Lipinski definition) is 19. The Morgan fingerprint density at radius 1 is 0.338 bits per heavy atom. The predicted octanol–water partition coefficient (Wildman–Crippen LogP) is 9.34. The molecule has 6 aliphatic rings. The zero-order valence-corrected chi connectivity index (χ0v) is 43.6. The van der Waals surface area contributed by atoms with Crippen LogP contribution in [-0.4, -0.2) is 113 Å². The molecule has 0 radical (unpaired) electrons. The molecule has 0 unspecified atom stereocenters. The van der Waals surface area contributed by atoms with E-state index in [-0.39, 0.29) is 116 Å². The standard InChI is InChI=1S/C46H55N3O16S3/c1-40(2)54-22-19(23-29(61-41(3,4)55-23)34(28(22)60-40)66-37(50)47(13)14)46(53,20-24-30(62-42(5,6)56-24)35(67-38(51)48(15)16)31-25(20)57-43(7,8)63-31)21-26-32(64-44(9,10)58-26)36(68-39(52)49(17)18)33-27(21)59-45(11,12)65-33/h53H,1-18H3. The largest absolute Gasteiger partial charge is 0.448 e. The topological polar surface area (TPSA) is 192 Å². The minimum Gasteiger partial charge on any atom is -0.448 e. The summed E-state index contributed by atoms with van der Waals surface area (Å²) in [7, 11) is 9.64. The third-order valence-electron chi connectivity index (χ3n) is 10.8. The minimum atomic E-state index is -2.80. The van der Waals surface area contributed by atoms with E-state index in [0.29, 0.717) is 0 Å². The van der Waals surface area contributed by atoms with Gasteiger partial charge in [0.15, 0.2) is 74.6 Å². The van der Waals surface area contributed by atoms with Crippen LogP contribution in [0.4, 0.5) is 14.4 Å². The van der Waals surface area contributed by atoms with Gasteiger partial charge in [0.1, 0.15) is 14.7 Å². The second kappa shape index (κ2) is 14.8. The Kier molecular flexibility index (Phi) is 10.4. The van der Waals surface area contributed by atoms with E-state index < -0.39 is 40.3 Å². The molecule has 0 bridgehead atoms. The summed E-state index contributed by atoms with van der Waals surface area (Å²) >= 11 is 2.44. The number of fused-ring (bicyclic) bond motifs is 6. The van der Waals surface area contributed by atoms with Crippen molar-refractivity contribution in [1.29, 1.82) is 0 Å². The molecule has 0 saturated carbocycles. The quantitative estimate of drug-likeness (QED) is 0.181. The van der Waals surface area contributed by atoms with Gasteiger partial charge in [0.25, 0.3) is 15.7 Å². The van der Waals surface area contributed by atoms with Crippen molar-refractivity contribution in [2.45, 2.75) is 138 Å². The molecule has 9 rings (SSSR count). The highest BCUT2D eigenvalue weighted by Crippen LogP contribution is 2.73. The molecule has 19 nitrogen and oxygen atoms in total. The summed E-state index contributed by atoms with van der Waals surface area (Å²) in [6, 6.07) is 0. The average molecular weight is 1000 g/mol. The molecule has 0 spiro atoms. The zero-order valence-electron chi connectivity index (χ0n) is 41.1. The summed E-state index contributed by atoms with van der Waals surface area (Å²) < 4.78 is 80.3. The maximum Gasteiger partial charge on any atom is 0.286 e. The van der Waals surface area contributed by atoms with Crippen LogP contribution in [0.3, 0.4) is 0 Å². The highest BCUT2D eigenvalue weighted by molar-refractivity contribution is 8.14. The molecule has 3 aromatic rings. The maximum atomic E-state index is 15.3. The van der Waals surface area contributed by atoms with Gasteiger partial charge in [0.05, 0.1) is 16.7 Å². The van der Waals surface area contributed by atoms with Crippen molar-refractivity contribution in [2.75, 3.05) is 42.3 Å². The van der Waals surface area contributed by atoms with Crippen LogP contribution in [0.2, 0.25) is 0 Å². The van der Waals surface area contributed by atoms with Crippen LogP contribution >= 0.6 is 35.3 Å². The highest BCUT2D eigenvalue weighted by atomic mass is 32.2. The Bertz CT molecular complexity index is 2340. The fourth-order valence-corrected chi connectivity index (χ4v) is 10.7. The molecule has 368 valence electrons. The Hall–Kier alpha value is -5.32. The fourth-order valence-electron chi connectivity index (χ4n) is 8.31. The van der Waals surface area contributed by atoms with E-state index in [1.54, 1.807) is 125 Å². The van der Waals surface area contributed by atoms with Crippen LogP contribution in [0.5, 0.6) is 69.0 Å². The van der Waals surface area contributed by atoms with Crippen LogP contribution in [0.1, 0.15) is 99.8 Å². The Morgan fingerprint density at radius 3 is 0.632 bits per heavy atom. The third-order valence-corrected chi connectivity index (χ3v) is 14.1. The molecule has 1 N–H and O–H groups in total. The number of benzene rings is 3. The van der Waals surface area contributed by atoms with Gasteiger partial charge in [-0.1, -0.05) is 0 Å². The maximum absolute atomic E-state index is 15.3. The molecule has 0 aromatic heterocycles. The van der Waals surface area contributed by atoms with Crippen LogP contribution < -0.4 is 56.8 Å². The van der Waals surface area contributed by atoms with Gasteiger partial charge in [-0.05, 0) is 35.3 Å². The van der Waals surface area contributed by atoms with Crippen LogP contribution in [-0.2, 0) is 5.60 Å². The van der Waals surface area contributed by atoms with Gasteiger partial charge in [-0.15, -0.1) is 0 Å². The van der Waals surface area contributed by atoms with Gasteiger partial charge in [-0.3, -0.25) is 14.4 Å². The molecule has 22 heteroatoms. The molecule has 68 heavy (non-hydrogen) atoms. The van der Waals surface area contributed by atoms with E-state index in [2.05, 4.69) is 0 Å². The van der Waals surface area contributed by atoms with Crippen molar-refractivity contribution in [1.82, 2.24) is 14.7 Å². The lowest BCUT2D eigenvalue weighted by Gasteiger charge is -2.35. The van der Waals surface area contributed by atoms with Crippen molar-refractivity contribution in [3.05, 3.63) is 16.7 Å². The summed E-state index contributed by atoms with van der Waals surface area (Å²) in [5.41, 5.74) is -3.24. The average Bonchev–Trinajstić information content (AvgIpc) is 4.00. The van der Waals surface area contributed by atoms with Gasteiger partial charge in [-0.25, -0.2) is 0 Å². The van der Waals surface area contributed by atoms with E-state index in [0.717, 1.165) is 35.3 Å². The van der Waals surface area contributed by atoms with Gasteiger partial charge in [0, 0.05) is 125 Å². The van der Waals surface area contributed by atoms with Crippen LogP contribution in [0.25, 0.3) is 0 Å². The minimum absolute atomic E-state index is 0.0303. The number of carbonyl (C=O) groups is 3. The Labute approximate surface area is 406 Å². The number of rotatable bonds is 6. The van der Waals surface area contributed by atoms with E-state index in [1.165, 1.54) is 14.7 Å². The molecule has 6 heterocycles. The van der Waals surface area contributed by atoms with Gasteiger partial charge >= 0.3 is 0 Å². The molecule has 0 aliphatic carbocycles. The van der Waals surface area contributed by atoms with Gasteiger partial charge < -0.3 is 76.6 Å². The van der Waals surface area contributed by atoms with Crippen molar-refractivity contribution in [2.24, 2.45) is 0 Å². The number of ether oxygens (including phenoxy) is 12. The van der Waals surface area contributed by atoms with Gasteiger partial charge in [-0.2, -0.15) is 0 Å². The molecular formula is C46H55N3O16S3. The lowest BCUT2D eigenvalue weighted by Crippen LogP contribution is -2.36. The predicted molar refractivity (Wildman–Crippen MR) is 248 cm³/mol. The second-order valence-corrected chi connectivity index (χ2v) is 23.1. The molecule has 3 amide bonds. The molecular weight excluding hydrogens is 947 g/mol. The first-order chi connectivity index (χ1) is 31.2. The van der Waals surface area contributed by atoms with Crippen molar-refractivity contribution >= 4 is 51.0 Å². The van der Waals surface area contributed by atoms with Gasteiger partial charge in [0.2, 0.25) is 34.7 Å². The van der Waals surface area contributed by atoms with Crippen LogP contribution in [0, 0.1) is 0 Å². The monoisotopic (exact) mass is 1000 g/mol. The normalized spacial score (nSPS) is 19.8. The SMILES string of the molecule is CN(C)C(=O)Sc1c2c(c(C(O)(c3c4c(c(SC(=O)N(C)C)c5c3OC(C)(C)O5)OC(C)(C)O4)c3c4c(c(SC(=O)N(C)C)c5c3OC(C)(C)O5)OC(C)(C)O4)c3c1OC(C)(C)O3)OC(C)(C)O2. The number of carbonyl (C=O) groups excluding carboxylic acids is 3. The number of nitrogens with zero attached hydrogens (tertiary/aromatic N) is 3. The van der Waals surface area contributed by atoms with Crippen molar-refractivity contribution < 1.29 is 76.3 Å². The van der Waals surface area contributed by atoms with E-state index >= 15 is 5.11 Å². The molecule has 0 atom stereocenters. The molecule has 0 saturated heterocycles. The Morgan fingerprint density at radius 2 is 0.485 bits per heavy atom. The lowest BCUT2D eigenvalue weighted by atomic mass is 9.76. The lowest BCUT2D eigenvalue weighted by molar-refractivity contribution is -0.0558. The third kappa shape index (κ3) is 7.60. The van der Waals surface area contributed by atoms with E-state index in [9.17, 15) is 14.4 Å². The zero-order chi connectivity index (χ0) is 50.0. The molecule has 3 aromatic carbocycles. The first kappa shape index (κ1) is 47.7. The van der Waals surface area contributed by atoms with E-state index in [1.807, 2.05) is 0 Å². The fraction of sp³-hybridized carbons (Fsp3) is 0.543. The number of aliphatic hydroxyl groups is 1.